The Morgan fingerprint density at radius 3 is 2.82 bits per heavy atom. The fourth-order valence-corrected chi connectivity index (χ4v) is 1.76. The smallest absolute Gasteiger partial charge is 0.325 e. The van der Waals surface area contributed by atoms with Gasteiger partial charge < -0.3 is 10.5 Å². The number of hydrogen-bond acceptors (Lipinski definition) is 4. The molecule has 2 unspecified atom stereocenters. The van der Waals surface area contributed by atoms with E-state index in [4.69, 9.17) is 10.5 Å². The molecule has 5 heteroatoms. The van der Waals surface area contributed by atoms with Crippen molar-refractivity contribution >= 4 is 5.97 Å². The Hall–Kier alpha value is -1.36. The van der Waals surface area contributed by atoms with Crippen LogP contribution in [0.2, 0.25) is 0 Å². The zero-order valence-electron chi connectivity index (χ0n) is 10.9. The third-order valence-corrected chi connectivity index (χ3v) is 2.64. The van der Waals surface area contributed by atoms with Gasteiger partial charge in [0.15, 0.2) is 0 Å². The van der Waals surface area contributed by atoms with Crippen molar-refractivity contribution < 1.29 is 9.53 Å². The van der Waals surface area contributed by atoms with Crippen LogP contribution in [0.3, 0.4) is 0 Å². The highest BCUT2D eigenvalue weighted by atomic mass is 16.5. The molecule has 17 heavy (non-hydrogen) atoms. The van der Waals surface area contributed by atoms with Crippen LogP contribution < -0.4 is 5.73 Å². The molecule has 2 atom stereocenters. The Kier molecular flexibility index (Phi) is 4.28. The SMILES string of the molecule is CCOC(=O)C(C)(N)CC(C)n1cc(C)cn1. The number of carbonyl (C=O) groups excluding carboxylic acids is 1. The Labute approximate surface area is 102 Å². The molecule has 1 heterocycles. The van der Waals surface area contributed by atoms with Crippen LogP contribution in [0.1, 0.15) is 38.8 Å². The molecule has 0 radical (unpaired) electrons. The van der Waals surface area contributed by atoms with E-state index in [0.29, 0.717) is 13.0 Å². The number of hydrogen-bond donors (Lipinski definition) is 1. The lowest BCUT2D eigenvalue weighted by molar-refractivity contribution is -0.149. The van der Waals surface area contributed by atoms with Crippen LogP contribution in [0.5, 0.6) is 0 Å². The van der Waals surface area contributed by atoms with E-state index in [-0.39, 0.29) is 12.0 Å². The zero-order chi connectivity index (χ0) is 13.1. The topological polar surface area (TPSA) is 70.1 Å². The van der Waals surface area contributed by atoms with Crippen molar-refractivity contribution in [2.24, 2.45) is 5.73 Å². The fourth-order valence-electron chi connectivity index (χ4n) is 1.76. The number of aromatic nitrogens is 2. The highest BCUT2D eigenvalue weighted by molar-refractivity contribution is 5.80. The van der Waals surface area contributed by atoms with Crippen LogP contribution in [0.25, 0.3) is 0 Å². The summed E-state index contributed by atoms with van der Waals surface area (Å²) in [5, 5.41) is 4.21. The van der Waals surface area contributed by atoms with E-state index in [1.165, 1.54) is 0 Å². The number of nitrogens with two attached hydrogens (primary N) is 1. The Morgan fingerprint density at radius 2 is 2.35 bits per heavy atom. The molecule has 1 aromatic rings. The Bertz CT molecular complexity index is 385. The van der Waals surface area contributed by atoms with Gasteiger partial charge in [-0.25, -0.2) is 0 Å². The molecule has 96 valence electrons. The average Bonchev–Trinajstić information content (AvgIpc) is 2.64. The molecule has 0 aliphatic rings. The van der Waals surface area contributed by atoms with Gasteiger partial charge in [-0.05, 0) is 39.7 Å². The van der Waals surface area contributed by atoms with Crippen LogP contribution in [0, 0.1) is 6.92 Å². The summed E-state index contributed by atoms with van der Waals surface area (Å²) < 4.78 is 6.77. The van der Waals surface area contributed by atoms with Gasteiger partial charge in [-0.1, -0.05) is 0 Å². The third kappa shape index (κ3) is 3.56. The van der Waals surface area contributed by atoms with E-state index in [1.54, 1.807) is 20.0 Å². The number of aryl methyl sites for hydroxylation is 1. The molecule has 0 aromatic carbocycles. The fraction of sp³-hybridized carbons (Fsp3) is 0.667. The molecule has 0 aliphatic heterocycles. The van der Waals surface area contributed by atoms with Crippen molar-refractivity contribution in [2.45, 2.75) is 45.7 Å². The lowest BCUT2D eigenvalue weighted by Gasteiger charge is -2.25. The van der Waals surface area contributed by atoms with Crippen molar-refractivity contribution in [3.8, 4) is 0 Å². The second kappa shape index (κ2) is 5.31. The third-order valence-electron chi connectivity index (χ3n) is 2.64. The summed E-state index contributed by atoms with van der Waals surface area (Å²) in [5.41, 5.74) is 6.09. The van der Waals surface area contributed by atoms with Gasteiger partial charge in [-0.15, -0.1) is 0 Å². The van der Waals surface area contributed by atoms with Crippen molar-refractivity contribution in [1.82, 2.24) is 9.78 Å². The monoisotopic (exact) mass is 239 g/mol. The van der Waals surface area contributed by atoms with Crippen LogP contribution in [-0.4, -0.2) is 27.9 Å². The standard InChI is InChI=1S/C12H21N3O2/c1-5-17-11(16)12(4,13)6-10(3)15-8-9(2)7-14-15/h7-8,10H,5-6,13H2,1-4H3. The molecule has 0 aliphatic carbocycles. The van der Waals surface area contributed by atoms with Crippen LogP contribution in [0.15, 0.2) is 12.4 Å². The number of ether oxygens (including phenoxy) is 1. The zero-order valence-corrected chi connectivity index (χ0v) is 10.9. The number of nitrogens with zero attached hydrogens (tertiary/aromatic N) is 2. The Morgan fingerprint density at radius 1 is 1.71 bits per heavy atom. The second-order valence-corrected chi connectivity index (χ2v) is 4.69. The summed E-state index contributed by atoms with van der Waals surface area (Å²) in [5.74, 6) is -0.365. The van der Waals surface area contributed by atoms with Gasteiger partial charge in [0, 0.05) is 6.20 Å². The quantitative estimate of drug-likeness (QED) is 0.789. The van der Waals surface area contributed by atoms with Gasteiger partial charge in [0.05, 0.1) is 18.8 Å². The minimum absolute atomic E-state index is 0.0584. The molecule has 1 aromatic heterocycles. The summed E-state index contributed by atoms with van der Waals surface area (Å²) in [7, 11) is 0. The normalized spacial score (nSPS) is 16.3. The number of esters is 1. The predicted octanol–water partition coefficient (Wildman–Crippen LogP) is 1.42. The first kappa shape index (κ1) is 13.7. The van der Waals surface area contributed by atoms with E-state index in [2.05, 4.69) is 5.10 Å². The summed E-state index contributed by atoms with van der Waals surface area (Å²) >= 11 is 0. The minimum atomic E-state index is -0.977. The molecular formula is C12H21N3O2. The molecule has 0 saturated heterocycles. The van der Waals surface area contributed by atoms with Gasteiger partial charge in [0.1, 0.15) is 5.54 Å². The molecule has 2 N–H and O–H groups in total. The highest BCUT2D eigenvalue weighted by Gasteiger charge is 2.32. The van der Waals surface area contributed by atoms with Crippen LogP contribution in [-0.2, 0) is 9.53 Å². The molecule has 0 saturated carbocycles. The first-order valence-electron chi connectivity index (χ1n) is 5.83. The molecule has 0 bridgehead atoms. The summed E-state index contributed by atoms with van der Waals surface area (Å²) in [6, 6.07) is 0.0584. The van der Waals surface area contributed by atoms with Crippen molar-refractivity contribution in [2.75, 3.05) is 6.61 Å². The molecular weight excluding hydrogens is 218 g/mol. The minimum Gasteiger partial charge on any atom is -0.465 e. The lowest BCUT2D eigenvalue weighted by atomic mass is 9.95. The van der Waals surface area contributed by atoms with Gasteiger partial charge in [0.25, 0.3) is 0 Å². The summed E-state index contributed by atoms with van der Waals surface area (Å²) in [6.45, 7) is 7.77. The Balaban J connectivity index is 2.67. The van der Waals surface area contributed by atoms with Gasteiger partial charge >= 0.3 is 5.97 Å². The van der Waals surface area contributed by atoms with Crippen LogP contribution >= 0.6 is 0 Å². The van der Waals surface area contributed by atoms with Gasteiger partial charge in [-0.3, -0.25) is 9.48 Å². The van der Waals surface area contributed by atoms with Gasteiger partial charge in [0.2, 0.25) is 0 Å². The van der Waals surface area contributed by atoms with Gasteiger partial charge in [-0.2, -0.15) is 5.10 Å². The van der Waals surface area contributed by atoms with E-state index < -0.39 is 5.54 Å². The van der Waals surface area contributed by atoms with Crippen molar-refractivity contribution in [1.29, 1.82) is 0 Å². The molecule has 5 nitrogen and oxygen atoms in total. The molecule has 1 rings (SSSR count). The maximum Gasteiger partial charge on any atom is 0.325 e. The first-order valence-corrected chi connectivity index (χ1v) is 5.83. The molecule has 0 spiro atoms. The number of rotatable bonds is 5. The largest absolute Gasteiger partial charge is 0.465 e. The van der Waals surface area contributed by atoms with Crippen LogP contribution in [0.4, 0.5) is 0 Å². The van der Waals surface area contributed by atoms with E-state index in [9.17, 15) is 4.79 Å². The summed E-state index contributed by atoms with van der Waals surface area (Å²) in [6.07, 6.45) is 4.22. The highest BCUT2D eigenvalue weighted by Crippen LogP contribution is 2.19. The number of carbonyl (C=O) groups is 1. The maximum atomic E-state index is 11.7. The van der Waals surface area contributed by atoms with Crippen molar-refractivity contribution in [3.05, 3.63) is 18.0 Å². The molecule has 0 fully saturated rings. The predicted molar refractivity (Wildman–Crippen MR) is 65.5 cm³/mol. The molecule has 0 amide bonds. The van der Waals surface area contributed by atoms with E-state index in [0.717, 1.165) is 5.56 Å². The lowest BCUT2D eigenvalue weighted by Crippen LogP contribution is -2.47. The van der Waals surface area contributed by atoms with E-state index >= 15 is 0 Å². The van der Waals surface area contributed by atoms with Crippen molar-refractivity contribution in [3.63, 3.8) is 0 Å². The first-order chi connectivity index (χ1) is 7.86. The average molecular weight is 239 g/mol. The van der Waals surface area contributed by atoms with E-state index in [1.807, 2.05) is 24.7 Å². The second-order valence-electron chi connectivity index (χ2n) is 4.69. The summed E-state index contributed by atoms with van der Waals surface area (Å²) in [4.78, 5) is 11.7. The maximum absolute atomic E-state index is 11.7.